The Balaban J connectivity index is 2.22. The summed E-state index contributed by atoms with van der Waals surface area (Å²) in [6.07, 6.45) is 0. The van der Waals surface area contributed by atoms with E-state index < -0.39 is 11.6 Å². The maximum atomic E-state index is 13.7. The van der Waals surface area contributed by atoms with Crippen LogP contribution in [0.2, 0.25) is 0 Å². The first-order valence-electron chi connectivity index (χ1n) is 5.61. The number of hydrogen-bond donors (Lipinski definition) is 1. The van der Waals surface area contributed by atoms with Crippen LogP contribution < -0.4 is 15.2 Å². The van der Waals surface area contributed by atoms with Crippen molar-refractivity contribution in [2.75, 3.05) is 12.8 Å². The minimum absolute atomic E-state index is 0.00976. The lowest BCUT2D eigenvalue weighted by atomic mass is 10.2. The minimum atomic E-state index is -1.15. The van der Waals surface area contributed by atoms with E-state index in [1.54, 1.807) is 0 Å². The summed E-state index contributed by atoms with van der Waals surface area (Å²) in [5.74, 6) is -2.81. The van der Waals surface area contributed by atoms with E-state index in [0.29, 0.717) is 0 Å². The minimum Gasteiger partial charge on any atom is -0.491 e. The highest BCUT2D eigenvalue weighted by Gasteiger charge is 2.18. The number of benzene rings is 2. The van der Waals surface area contributed by atoms with Crippen molar-refractivity contribution in [3.8, 4) is 11.5 Å². The molecular formula is C14H13F2NO2. The molecule has 0 atom stereocenters. The predicted octanol–water partition coefficient (Wildman–Crippen LogP) is 3.13. The first-order valence-corrected chi connectivity index (χ1v) is 5.61. The second-order valence-corrected chi connectivity index (χ2v) is 3.90. The molecule has 0 aliphatic carbocycles. The van der Waals surface area contributed by atoms with Crippen LogP contribution in [0.15, 0.2) is 36.4 Å². The van der Waals surface area contributed by atoms with Gasteiger partial charge in [-0.05, 0) is 5.56 Å². The topological polar surface area (TPSA) is 44.5 Å². The van der Waals surface area contributed by atoms with E-state index >= 15 is 0 Å². The number of rotatable bonds is 4. The third-order valence-corrected chi connectivity index (χ3v) is 2.60. The quantitative estimate of drug-likeness (QED) is 0.864. The number of nitrogen functional groups attached to an aromatic ring is 1. The maximum Gasteiger partial charge on any atom is 0.206 e. The molecule has 0 saturated carbocycles. The van der Waals surface area contributed by atoms with Gasteiger partial charge in [-0.3, -0.25) is 0 Å². The molecule has 3 nitrogen and oxygen atoms in total. The molecule has 0 saturated heterocycles. The number of hydrogen-bond acceptors (Lipinski definition) is 3. The van der Waals surface area contributed by atoms with E-state index in [0.717, 1.165) is 5.56 Å². The van der Waals surface area contributed by atoms with Crippen LogP contribution in [0, 0.1) is 11.6 Å². The molecule has 2 rings (SSSR count). The maximum absolute atomic E-state index is 13.7. The average molecular weight is 265 g/mol. The van der Waals surface area contributed by atoms with Gasteiger partial charge in [0.1, 0.15) is 6.61 Å². The van der Waals surface area contributed by atoms with Gasteiger partial charge in [-0.1, -0.05) is 30.3 Å². The number of nitrogens with two attached hydrogens (primary N) is 1. The lowest BCUT2D eigenvalue weighted by Gasteiger charge is -2.12. The van der Waals surface area contributed by atoms with E-state index in [-0.39, 0.29) is 23.8 Å². The van der Waals surface area contributed by atoms with Crippen LogP contribution in [0.4, 0.5) is 14.5 Å². The van der Waals surface area contributed by atoms with Gasteiger partial charge in [0.15, 0.2) is 11.5 Å². The lowest BCUT2D eigenvalue weighted by molar-refractivity contribution is 0.280. The fourth-order valence-electron chi connectivity index (χ4n) is 1.65. The Hall–Kier alpha value is -2.30. The van der Waals surface area contributed by atoms with E-state index in [1.807, 2.05) is 30.3 Å². The van der Waals surface area contributed by atoms with E-state index in [9.17, 15) is 8.78 Å². The summed E-state index contributed by atoms with van der Waals surface area (Å²) in [6, 6.07) is 10.4. The molecule has 0 radical (unpaired) electrons. The highest BCUT2D eigenvalue weighted by molar-refractivity contribution is 5.57. The Morgan fingerprint density at radius 3 is 2.42 bits per heavy atom. The molecule has 0 aromatic heterocycles. The molecule has 19 heavy (non-hydrogen) atoms. The third kappa shape index (κ3) is 2.76. The Labute approximate surface area is 109 Å². The molecule has 5 heteroatoms. The molecule has 0 aliphatic rings. The van der Waals surface area contributed by atoms with Crippen LogP contribution in [0.5, 0.6) is 11.5 Å². The van der Waals surface area contributed by atoms with E-state index in [4.69, 9.17) is 10.5 Å². The second kappa shape index (κ2) is 5.56. The van der Waals surface area contributed by atoms with Gasteiger partial charge >= 0.3 is 0 Å². The molecule has 0 unspecified atom stereocenters. The summed E-state index contributed by atoms with van der Waals surface area (Å²) in [5, 5.41) is 0. The number of anilines is 1. The fourth-order valence-corrected chi connectivity index (χ4v) is 1.65. The Kier molecular flexibility index (Phi) is 3.85. The van der Waals surface area contributed by atoms with Crippen molar-refractivity contribution in [3.63, 3.8) is 0 Å². The molecule has 2 aromatic carbocycles. The van der Waals surface area contributed by atoms with Crippen molar-refractivity contribution in [1.29, 1.82) is 0 Å². The first-order chi connectivity index (χ1) is 9.13. The van der Waals surface area contributed by atoms with Gasteiger partial charge in [-0.15, -0.1) is 0 Å². The summed E-state index contributed by atoms with van der Waals surface area (Å²) in [4.78, 5) is 0. The van der Waals surface area contributed by atoms with Gasteiger partial charge in [0, 0.05) is 6.07 Å². The van der Waals surface area contributed by atoms with Crippen molar-refractivity contribution in [2.24, 2.45) is 0 Å². The standard InChI is InChI=1S/C14H13F2NO2/c1-18-14-10(17)7-11(12(15)13(14)16)19-8-9-5-3-2-4-6-9/h2-7H,8,17H2,1H3. The highest BCUT2D eigenvalue weighted by atomic mass is 19.2. The third-order valence-electron chi connectivity index (χ3n) is 2.60. The summed E-state index contributed by atoms with van der Waals surface area (Å²) in [7, 11) is 1.22. The van der Waals surface area contributed by atoms with Crippen LogP contribution in [-0.2, 0) is 6.61 Å². The first kappa shape index (κ1) is 13.1. The van der Waals surface area contributed by atoms with Gasteiger partial charge in [0.2, 0.25) is 11.6 Å². The number of methoxy groups -OCH3 is 1. The summed E-state index contributed by atoms with van der Waals surface area (Å²) in [5.41, 5.74) is 6.39. The normalized spacial score (nSPS) is 10.3. The monoisotopic (exact) mass is 265 g/mol. The van der Waals surface area contributed by atoms with Crippen LogP contribution in [0.25, 0.3) is 0 Å². The smallest absolute Gasteiger partial charge is 0.206 e. The predicted molar refractivity (Wildman–Crippen MR) is 68.1 cm³/mol. The zero-order chi connectivity index (χ0) is 13.8. The van der Waals surface area contributed by atoms with Crippen molar-refractivity contribution in [2.45, 2.75) is 6.61 Å². The van der Waals surface area contributed by atoms with Gasteiger partial charge in [-0.25, -0.2) is 0 Å². The van der Waals surface area contributed by atoms with Crippen molar-refractivity contribution < 1.29 is 18.3 Å². The largest absolute Gasteiger partial charge is 0.491 e. The van der Waals surface area contributed by atoms with Gasteiger partial charge in [0.05, 0.1) is 12.8 Å². The molecule has 2 aromatic rings. The zero-order valence-corrected chi connectivity index (χ0v) is 10.3. The van der Waals surface area contributed by atoms with Crippen molar-refractivity contribution >= 4 is 5.69 Å². The molecule has 0 amide bonds. The molecule has 2 N–H and O–H groups in total. The molecule has 0 spiro atoms. The van der Waals surface area contributed by atoms with Crippen LogP contribution in [0.3, 0.4) is 0 Å². The van der Waals surface area contributed by atoms with Crippen LogP contribution in [0.1, 0.15) is 5.56 Å². The van der Waals surface area contributed by atoms with E-state index in [1.165, 1.54) is 13.2 Å². The Bertz CT molecular complexity index is 573. The van der Waals surface area contributed by atoms with Crippen molar-refractivity contribution in [1.82, 2.24) is 0 Å². The summed E-state index contributed by atoms with van der Waals surface area (Å²) in [6.45, 7) is 0.128. The Morgan fingerprint density at radius 2 is 1.79 bits per heavy atom. The molecule has 0 fully saturated rings. The van der Waals surface area contributed by atoms with Crippen molar-refractivity contribution in [3.05, 3.63) is 53.6 Å². The molecular weight excluding hydrogens is 252 g/mol. The Morgan fingerprint density at radius 1 is 1.11 bits per heavy atom. The molecule has 100 valence electrons. The number of halogens is 2. The van der Waals surface area contributed by atoms with Gasteiger partial charge in [0.25, 0.3) is 0 Å². The van der Waals surface area contributed by atoms with Gasteiger partial charge in [-0.2, -0.15) is 8.78 Å². The molecule has 0 heterocycles. The van der Waals surface area contributed by atoms with E-state index in [2.05, 4.69) is 4.74 Å². The summed E-state index contributed by atoms with van der Waals surface area (Å²) < 4.78 is 37.2. The van der Waals surface area contributed by atoms with Crippen LogP contribution in [-0.4, -0.2) is 7.11 Å². The summed E-state index contributed by atoms with van der Waals surface area (Å²) >= 11 is 0. The molecule has 0 aliphatic heterocycles. The average Bonchev–Trinajstić information content (AvgIpc) is 2.43. The second-order valence-electron chi connectivity index (χ2n) is 3.90. The fraction of sp³-hybridized carbons (Fsp3) is 0.143. The number of ether oxygens (including phenoxy) is 2. The zero-order valence-electron chi connectivity index (χ0n) is 10.3. The molecule has 0 bridgehead atoms. The van der Waals surface area contributed by atoms with Gasteiger partial charge < -0.3 is 15.2 Å². The lowest BCUT2D eigenvalue weighted by Crippen LogP contribution is -2.03. The highest BCUT2D eigenvalue weighted by Crippen LogP contribution is 2.33. The SMILES string of the molecule is COc1c(N)cc(OCc2ccccc2)c(F)c1F. The van der Waals surface area contributed by atoms with Crippen LogP contribution >= 0.6 is 0 Å².